The third-order valence-corrected chi connectivity index (χ3v) is 7.52. The van der Waals surface area contributed by atoms with Crippen molar-refractivity contribution in [2.24, 2.45) is 0 Å². The van der Waals surface area contributed by atoms with Crippen LogP contribution < -0.4 is 0 Å². The van der Waals surface area contributed by atoms with E-state index in [0.717, 1.165) is 19.8 Å². The Kier molecular flexibility index (Phi) is 16.6. The van der Waals surface area contributed by atoms with Crippen molar-refractivity contribution in [3.05, 3.63) is 0 Å². The summed E-state index contributed by atoms with van der Waals surface area (Å²) in [5.74, 6) is -5.30. The molecule has 0 amide bonds. The van der Waals surface area contributed by atoms with Crippen LogP contribution in [0.4, 0.5) is 0 Å². The van der Waals surface area contributed by atoms with Crippen molar-refractivity contribution in [1.82, 2.24) is 0 Å². The van der Waals surface area contributed by atoms with E-state index in [4.69, 9.17) is 33.2 Å². The molecule has 2 rings (SSSR count). The maximum atomic E-state index is 13.0. The summed E-state index contributed by atoms with van der Waals surface area (Å²) < 4.78 is 39.8. The standard InChI is InChI=1S/C30H50O15/c1-5-8-11-14-23(37)43-27-26(42-22(36)13-10-7-3)24(41-21(35)12-9-6-2)19(15-31)40-29(27)45-30(17-33)28(38)25(39-18(4)34)20(16-32)44-30/h19-20,24-29,31-33,38H,5-17H2,1-4H3. The Morgan fingerprint density at radius 3 is 1.67 bits per heavy atom. The highest BCUT2D eigenvalue weighted by atomic mass is 16.8. The van der Waals surface area contributed by atoms with Crippen LogP contribution in [-0.2, 0) is 52.3 Å². The van der Waals surface area contributed by atoms with Crippen molar-refractivity contribution in [1.29, 1.82) is 0 Å². The van der Waals surface area contributed by atoms with Gasteiger partial charge in [-0.25, -0.2) is 0 Å². The number of esters is 4. The quantitative estimate of drug-likeness (QED) is 0.0864. The molecule has 2 aliphatic heterocycles. The maximum Gasteiger partial charge on any atom is 0.306 e. The number of carbonyl (C=O) groups excluding carboxylic acids is 4. The van der Waals surface area contributed by atoms with E-state index in [2.05, 4.69) is 0 Å². The van der Waals surface area contributed by atoms with Crippen LogP contribution in [0.15, 0.2) is 0 Å². The first kappa shape index (κ1) is 38.8. The summed E-state index contributed by atoms with van der Waals surface area (Å²) >= 11 is 0. The minimum Gasteiger partial charge on any atom is -0.457 e. The molecule has 0 aromatic rings. The first-order valence-electron chi connectivity index (χ1n) is 15.8. The van der Waals surface area contributed by atoms with E-state index in [1.165, 1.54) is 0 Å². The molecule has 0 aromatic heterocycles. The SMILES string of the molecule is CCCCCC(=O)OC1C(OC2(CO)OC(CO)C(OC(C)=O)C2O)OC(CO)C(OC(=O)CCCC)C1OC(=O)CCCC. The minimum atomic E-state index is -2.40. The molecule has 2 saturated heterocycles. The summed E-state index contributed by atoms with van der Waals surface area (Å²) in [5.41, 5.74) is 0. The van der Waals surface area contributed by atoms with Crippen molar-refractivity contribution in [2.75, 3.05) is 19.8 Å². The number of ether oxygens (including phenoxy) is 7. The fraction of sp³-hybridized carbons (Fsp3) is 0.867. The molecular weight excluding hydrogens is 600 g/mol. The molecule has 9 atom stereocenters. The van der Waals surface area contributed by atoms with Gasteiger partial charge >= 0.3 is 23.9 Å². The number of rotatable bonds is 19. The molecule has 0 saturated carbocycles. The highest BCUT2D eigenvalue weighted by molar-refractivity contribution is 5.71. The topological polar surface area (TPSA) is 214 Å². The Labute approximate surface area is 263 Å². The van der Waals surface area contributed by atoms with Crippen LogP contribution in [0.25, 0.3) is 0 Å². The Morgan fingerprint density at radius 2 is 1.18 bits per heavy atom. The molecule has 45 heavy (non-hydrogen) atoms. The van der Waals surface area contributed by atoms with Crippen LogP contribution in [-0.4, -0.2) is 119 Å². The molecule has 0 aliphatic carbocycles. The van der Waals surface area contributed by atoms with Crippen LogP contribution in [0.2, 0.25) is 0 Å². The van der Waals surface area contributed by atoms with Crippen LogP contribution in [0.3, 0.4) is 0 Å². The van der Waals surface area contributed by atoms with Gasteiger partial charge in [0.2, 0.25) is 12.1 Å². The Hall–Kier alpha value is -2.40. The Morgan fingerprint density at radius 1 is 0.667 bits per heavy atom. The van der Waals surface area contributed by atoms with Gasteiger partial charge in [0.1, 0.15) is 24.9 Å². The highest BCUT2D eigenvalue weighted by Crippen LogP contribution is 2.39. The molecule has 9 unspecified atom stereocenters. The van der Waals surface area contributed by atoms with E-state index in [1.54, 1.807) is 0 Å². The zero-order chi connectivity index (χ0) is 33.6. The number of aliphatic hydroxyl groups excluding tert-OH is 4. The third kappa shape index (κ3) is 10.8. The zero-order valence-electron chi connectivity index (χ0n) is 26.6. The molecule has 2 fully saturated rings. The predicted molar refractivity (Wildman–Crippen MR) is 153 cm³/mol. The van der Waals surface area contributed by atoms with Crippen molar-refractivity contribution < 1.29 is 72.8 Å². The van der Waals surface area contributed by atoms with Gasteiger partial charge in [0, 0.05) is 26.2 Å². The van der Waals surface area contributed by atoms with Gasteiger partial charge in [-0.2, -0.15) is 0 Å². The van der Waals surface area contributed by atoms with Gasteiger partial charge in [0.05, 0.1) is 13.2 Å². The minimum absolute atomic E-state index is 0.0124. The lowest BCUT2D eigenvalue weighted by Crippen LogP contribution is -2.65. The summed E-state index contributed by atoms with van der Waals surface area (Å²) in [6.07, 6.45) is -8.12. The van der Waals surface area contributed by atoms with Gasteiger partial charge in [-0.05, 0) is 19.3 Å². The Bertz CT molecular complexity index is 944. The highest BCUT2D eigenvalue weighted by Gasteiger charge is 2.61. The molecule has 4 N–H and O–H groups in total. The van der Waals surface area contributed by atoms with Crippen molar-refractivity contribution in [3.63, 3.8) is 0 Å². The predicted octanol–water partition coefficient (Wildman–Crippen LogP) is 0.789. The molecule has 15 heteroatoms. The Balaban J connectivity index is 2.55. The van der Waals surface area contributed by atoms with E-state index in [9.17, 15) is 39.6 Å². The molecule has 0 bridgehead atoms. The van der Waals surface area contributed by atoms with Crippen molar-refractivity contribution in [3.8, 4) is 0 Å². The van der Waals surface area contributed by atoms with Crippen LogP contribution >= 0.6 is 0 Å². The van der Waals surface area contributed by atoms with Gasteiger partial charge in [-0.3, -0.25) is 19.2 Å². The average Bonchev–Trinajstić information content (AvgIpc) is 3.27. The first-order valence-corrected chi connectivity index (χ1v) is 15.8. The van der Waals surface area contributed by atoms with Gasteiger partial charge in [-0.15, -0.1) is 0 Å². The second-order valence-corrected chi connectivity index (χ2v) is 11.2. The van der Waals surface area contributed by atoms with Gasteiger partial charge in [0.25, 0.3) is 0 Å². The summed E-state index contributed by atoms with van der Waals surface area (Å²) in [7, 11) is 0. The lowest BCUT2D eigenvalue weighted by Gasteiger charge is -2.46. The molecule has 15 nitrogen and oxygen atoms in total. The van der Waals surface area contributed by atoms with E-state index in [0.29, 0.717) is 32.1 Å². The van der Waals surface area contributed by atoms with Gasteiger partial charge in [-0.1, -0.05) is 46.5 Å². The summed E-state index contributed by atoms with van der Waals surface area (Å²) in [6, 6.07) is 0. The molecule has 2 aliphatic rings. The molecule has 2 heterocycles. The second kappa shape index (κ2) is 19.3. The molecule has 0 radical (unpaired) electrons. The van der Waals surface area contributed by atoms with E-state index >= 15 is 0 Å². The largest absolute Gasteiger partial charge is 0.457 e. The lowest BCUT2D eigenvalue weighted by atomic mass is 9.97. The fourth-order valence-corrected chi connectivity index (χ4v) is 5.10. The molecule has 0 aromatic carbocycles. The van der Waals surface area contributed by atoms with Crippen LogP contribution in [0.1, 0.15) is 91.9 Å². The van der Waals surface area contributed by atoms with Gasteiger partial charge < -0.3 is 53.6 Å². The van der Waals surface area contributed by atoms with Crippen molar-refractivity contribution in [2.45, 2.75) is 147 Å². The number of unbranched alkanes of at least 4 members (excludes halogenated alkanes) is 4. The average molecular weight is 651 g/mol. The maximum absolute atomic E-state index is 13.0. The third-order valence-electron chi connectivity index (χ3n) is 7.52. The van der Waals surface area contributed by atoms with E-state index < -0.39 is 98.5 Å². The summed E-state index contributed by atoms with van der Waals surface area (Å²) in [5, 5.41) is 41.6. The van der Waals surface area contributed by atoms with Crippen molar-refractivity contribution >= 4 is 23.9 Å². The molecule has 260 valence electrons. The van der Waals surface area contributed by atoms with Gasteiger partial charge in [0.15, 0.2) is 24.4 Å². The first-order chi connectivity index (χ1) is 21.5. The van der Waals surface area contributed by atoms with E-state index in [-0.39, 0.29) is 19.3 Å². The second-order valence-electron chi connectivity index (χ2n) is 11.2. The molecule has 0 spiro atoms. The molecular formula is C30H50O15. The monoisotopic (exact) mass is 650 g/mol. The number of carbonyl (C=O) groups is 4. The number of hydrogen-bond acceptors (Lipinski definition) is 15. The lowest BCUT2D eigenvalue weighted by molar-refractivity contribution is -0.384. The van der Waals surface area contributed by atoms with Crippen LogP contribution in [0.5, 0.6) is 0 Å². The number of hydrogen-bond donors (Lipinski definition) is 4. The van der Waals surface area contributed by atoms with Crippen LogP contribution in [0, 0.1) is 0 Å². The summed E-state index contributed by atoms with van der Waals surface area (Å²) in [4.78, 5) is 50.4. The van der Waals surface area contributed by atoms with E-state index in [1.807, 2.05) is 20.8 Å². The normalized spacial score (nSPS) is 31.3. The number of aliphatic hydroxyl groups is 4. The fourth-order valence-electron chi connectivity index (χ4n) is 5.10. The summed E-state index contributed by atoms with van der Waals surface area (Å²) in [6.45, 7) is 4.21. The zero-order valence-corrected chi connectivity index (χ0v) is 26.6. The smallest absolute Gasteiger partial charge is 0.306 e.